The molecular weight excluding hydrogens is 179 g/mol. The predicted octanol–water partition coefficient (Wildman–Crippen LogP) is 2.76. The molecule has 0 radical (unpaired) electrons. The minimum Gasteiger partial charge on any atom is -0.388 e. The topological polar surface area (TPSA) is 12.0 Å². The van der Waals surface area contributed by atoms with Crippen molar-refractivity contribution in [2.45, 2.75) is 26.4 Å². The normalized spacial score (nSPS) is 19.3. The summed E-state index contributed by atoms with van der Waals surface area (Å²) in [5.74, 6) is 0. The Kier molecular flexibility index (Phi) is 2.68. The molecule has 0 saturated carbocycles. The van der Waals surface area contributed by atoms with Gasteiger partial charge in [-0.05, 0) is 26.3 Å². The number of nitrogens with one attached hydrogen (secondary N) is 1. The summed E-state index contributed by atoms with van der Waals surface area (Å²) < 4.78 is 37.2. The van der Waals surface area contributed by atoms with Gasteiger partial charge in [-0.3, -0.25) is 0 Å². The van der Waals surface area contributed by atoms with Gasteiger partial charge in [-0.1, -0.05) is 5.57 Å². The monoisotopic (exact) mass is 191 g/mol. The molecule has 0 aromatic heterocycles. The first-order valence-electron chi connectivity index (χ1n) is 4.10. The Morgan fingerprint density at radius 2 is 1.92 bits per heavy atom. The van der Waals surface area contributed by atoms with E-state index in [9.17, 15) is 13.2 Å². The van der Waals surface area contributed by atoms with Crippen LogP contribution in [0.4, 0.5) is 13.2 Å². The van der Waals surface area contributed by atoms with Crippen molar-refractivity contribution < 1.29 is 13.2 Å². The van der Waals surface area contributed by atoms with Crippen molar-refractivity contribution in [1.29, 1.82) is 0 Å². The van der Waals surface area contributed by atoms with Gasteiger partial charge in [0.2, 0.25) is 0 Å². The molecule has 74 valence electrons. The van der Waals surface area contributed by atoms with Crippen molar-refractivity contribution >= 4 is 0 Å². The molecule has 0 atom stereocenters. The Balaban J connectivity index is 3.06. The second-order valence-electron chi connectivity index (χ2n) is 3.20. The molecule has 1 nitrogen and oxygen atoms in total. The van der Waals surface area contributed by atoms with Crippen molar-refractivity contribution in [2.24, 2.45) is 0 Å². The molecule has 1 N–H and O–H groups in total. The molecule has 0 spiro atoms. The van der Waals surface area contributed by atoms with Crippen molar-refractivity contribution in [3.8, 4) is 0 Å². The van der Waals surface area contributed by atoms with Crippen LogP contribution < -0.4 is 5.32 Å². The molecule has 13 heavy (non-hydrogen) atoms. The largest absolute Gasteiger partial charge is 0.416 e. The van der Waals surface area contributed by atoms with Gasteiger partial charge in [0, 0.05) is 12.2 Å². The Morgan fingerprint density at radius 1 is 1.31 bits per heavy atom. The van der Waals surface area contributed by atoms with Crippen LogP contribution in [-0.2, 0) is 0 Å². The maximum atomic E-state index is 12.4. The van der Waals surface area contributed by atoms with Crippen molar-refractivity contribution in [1.82, 2.24) is 5.32 Å². The van der Waals surface area contributed by atoms with Gasteiger partial charge >= 0.3 is 6.18 Å². The molecule has 1 rings (SSSR count). The lowest BCUT2D eigenvalue weighted by Gasteiger charge is -2.10. The molecule has 0 saturated heterocycles. The minimum absolute atomic E-state index is 0.400. The summed E-state index contributed by atoms with van der Waals surface area (Å²) in [5.41, 5.74) is 0.469. The molecule has 1 aliphatic rings. The summed E-state index contributed by atoms with van der Waals surface area (Å²) in [4.78, 5) is 0. The van der Waals surface area contributed by atoms with Gasteiger partial charge in [0.05, 0.1) is 5.57 Å². The van der Waals surface area contributed by atoms with Crippen LogP contribution >= 0.6 is 0 Å². The maximum absolute atomic E-state index is 12.4. The van der Waals surface area contributed by atoms with E-state index in [4.69, 9.17) is 0 Å². The average molecular weight is 191 g/mol. The lowest BCUT2D eigenvalue weighted by atomic mass is 10.1. The van der Waals surface area contributed by atoms with Crippen molar-refractivity contribution in [2.75, 3.05) is 6.54 Å². The van der Waals surface area contributed by atoms with E-state index in [1.807, 2.05) is 0 Å². The molecule has 0 aromatic rings. The van der Waals surface area contributed by atoms with E-state index in [0.29, 0.717) is 24.2 Å². The van der Waals surface area contributed by atoms with E-state index in [-0.39, 0.29) is 0 Å². The van der Waals surface area contributed by atoms with Gasteiger partial charge in [-0.2, -0.15) is 13.2 Å². The zero-order valence-electron chi connectivity index (χ0n) is 7.63. The summed E-state index contributed by atoms with van der Waals surface area (Å²) in [7, 11) is 0. The van der Waals surface area contributed by atoms with Crippen LogP contribution in [0.15, 0.2) is 22.9 Å². The van der Waals surface area contributed by atoms with Gasteiger partial charge in [0.15, 0.2) is 0 Å². The van der Waals surface area contributed by atoms with Crippen molar-refractivity contribution in [3.05, 3.63) is 22.9 Å². The van der Waals surface area contributed by atoms with Gasteiger partial charge in [0.25, 0.3) is 0 Å². The number of hydrogen-bond acceptors (Lipinski definition) is 1. The van der Waals surface area contributed by atoms with Gasteiger partial charge in [-0.25, -0.2) is 0 Å². The minimum atomic E-state index is -4.22. The zero-order chi connectivity index (χ0) is 10.1. The number of alkyl halides is 3. The Bertz CT molecular complexity index is 261. The first-order valence-corrected chi connectivity index (χ1v) is 4.10. The predicted molar refractivity (Wildman–Crippen MR) is 45.1 cm³/mol. The van der Waals surface area contributed by atoms with E-state index in [2.05, 4.69) is 5.32 Å². The van der Waals surface area contributed by atoms with Gasteiger partial charge < -0.3 is 5.32 Å². The molecule has 0 fully saturated rings. The van der Waals surface area contributed by atoms with Crippen LogP contribution in [0.5, 0.6) is 0 Å². The third-order valence-corrected chi connectivity index (χ3v) is 2.03. The van der Waals surface area contributed by atoms with E-state index in [0.717, 1.165) is 0 Å². The first-order chi connectivity index (χ1) is 5.91. The molecule has 4 heteroatoms. The molecule has 1 aliphatic heterocycles. The lowest BCUT2D eigenvalue weighted by molar-refractivity contribution is -0.0891. The van der Waals surface area contributed by atoms with Gasteiger partial charge in [0.1, 0.15) is 0 Å². The highest BCUT2D eigenvalue weighted by Crippen LogP contribution is 2.31. The number of hydrogen-bond donors (Lipinski definition) is 1. The maximum Gasteiger partial charge on any atom is 0.416 e. The second-order valence-corrected chi connectivity index (χ2v) is 3.20. The summed E-state index contributed by atoms with van der Waals surface area (Å²) >= 11 is 0. The van der Waals surface area contributed by atoms with E-state index < -0.39 is 11.7 Å². The van der Waals surface area contributed by atoms with Crippen LogP contribution in [0, 0.1) is 0 Å². The smallest absolute Gasteiger partial charge is 0.388 e. The van der Waals surface area contributed by atoms with Crippen molar-refractivity contribution in [3.63, 3.8) is 0 Å². The quantitative estimate of drug-likeness (QED) is 0.620. The number of halogens is 3. The number of rotatable bonds is 0. The van der Waals surface area contributed by atoms with Gasteiger partial charge in [-0.15, -0.1) is 0 Å². The van der Waals surface area contributed by atoms with E-state index in [1.54, 1.807) is 6.92 Å². The third-order valence-electron chi connectivity index (χ3n) is 2.03. The Labute approximate surface area is 75.3 Å². The molecule has 1 heterocycles. The first kappa shape index (κ1) is 10.2. The highest BCUT2D eigenvalue weighted by molar-refractivity contribution is 5.32. The molecular formula is C9H12F3N. The SMILES string of the molecule is CC1=CC(C(F)(F)F)=C(C)CCN1. The fraction of sp³-hybridized carbons (Fsp3) is 0.556. The molecule has 0 amide bonds. The third kappa shape index (κ3) is 2.50. The fourth-order valence-corrected chi connectivity index (χ4v) is 1.30. The lowest BCUT2D eigenvalue weighted by Crippen LogP contribution is -2.12. The summed E-state index contributed by atoms with van der Waals surface area (Å²) in [6, 6.07) is 0. The van der Waals surface area contributed by atoms with Crippen LogP contribution in [0.1, 0.15) is 20.3 Å². The average Bonchev–Trinajstić information content (AvgIpc) is 2.11. The van der Waals surface area contributed by atoms with Crippen LogP contribution in [0.25, 0.3) is 0 Å². The van der Waals surface area contributed by atoms with E-state index in [1.165, 1.54) is 13.0 Å². The summed E-state index contributed by atoms with van der Waals surface area (Å²) in [5, 5.41) is 2.90. The highest BCUT2D eigenvalue weighted by atomic mass is 19.4. The second kappa shape index (κ2) is 3.44. The van der Waals surface area contributed by atoms with Crippen LogP contribution in [-0.4, -0.2) is 12.7 Å². The highest BCUT2D eigenvalue weighted by Gasteiger charge is 2.34. The summed E-state index contributed by atoms with van der Waals surface area (Å²) in [6.07, 6.45) is -2.61. The Morgan fingerprint density at radius 3 is 2.46 bits per heavy atom. The van der Waals surface area contributed by atoms with Crippen LogP contribution in [0.3, 0.4) is 0 Å². The molecule has 0 bridgehead atoms. The zero-order valence-corrected chi connectivity index (χ0v) is 7.63. The standard InChI is InChI=1S/C9H12F3N/c1-6-3-4-13-7(2)5-8(6)9(10,11)12/h5,13H,3-4H2,1-2H3. The fourth-order valence-electron chi connectivity index (χ4n) is 1.30. The molecule has 0 unspecified atom stereocenters. The number of allylic oxidation sites excluding steroid dienone is 3. The molecule has 0 aliphatic carbocycles. The van der Waals surface area contributed by atoms with E-state index >= 15 is 0 Å². The Hall–Kier alpha value is -0.930. The molecule has 0 aromatic carbocycles. The van der Waals surface area contributed by atoms with Crippen LogP contribution in [0.2, 0.25) is 0 Å². The summed E-state index contributed by atoms with van der Waals surface area (Å²) in [6.45, 7) is 3.75.